The molecule has 4 rings (SSSR count). The Morgan fingerprint density at radius 3 is 2.74 bits per heavy atom. The number of methoxy groups -OCH3 is 1. The van der Waals surface area contributed by atoms with Crippen LogP contribution in [0.4, 0.5) is 0 Å². The molecule has 0 atom stereocenters. The van der Waals surface area contributed by atoms with Crippen molar-refractivity contribution in [1.29, 1.82) is 5.41 Å². The molecule has 1 aliphatic heterocycles. The summed E-state index contributed by atoms with van der Waals surface area (Å²) >= 11 is 0. The Balaban J connectivity index is 0.000000387. The number of aromatic amines is 1. The van der Waals surface area contributed by atoms with Crippen LogP contribution in [0.15, 0.2) is 94.8 Å². The molecule has 8 nitrogen and oxygen atoms in total. The fourth-order valence-electron chi connectivity index (χ4n) is 3.97. The van der Waals surface area contributed by atoms with Gasteiger partial charge in [-0.2, -0.15) is 0 Å². The maximum absolute atomic E-state index is 13.1. The van der Waals surface area contributed by atoms with Crippen molar-refractivity contribution in [2.24, 2.45) is 0 Å². The zero-order valence-electron chi connectivity index (χ0n) is 23.2. The van der Waals surface area contributed by atoms with Crippen LogP contribution in [0.2, 0.25) is 0 Å². The van der Waals surface area contributed by atoms with Gasteiger partial charge in [-0.15, -0.1) is 0 Å². The smallest absolute Gasteiger partial charge is 0.289 e. The quantitative estimate of drug-likeness (QED) is 0.104. The minimum Gasteiger partial charge on any atom is -0.497 e. The lowest BCUT2D eigenvalue weighted by molar-refractivity contribution is -0.130. The van der Waals surface area contributed by atoms with Crippen molar-refractivity contribution in [2.75, 3.05) is 13.7 Å². The van der Waals surface area contributed by atoms with Crippen LogP contribution in [0, 0.1) is 5.41 Å². The average Bonchev–Trinajstić information content (AvgIpc) is 3.64. The molecule has 0 spiro atoms. The Kier molecular flexibility index (Phi) is 11.4. The molecule has 0 unspecified atom stereocenters. The summed E-state index contributed by atoms with van der Waals surface area (Å²) in [7, 11) is 1.60. The molecule has 1 aromatic carbocycles. The molecule has 206 valence electrons. The number of carbonyl (C=O) groups is 1. The molecule has 0 saturated heterocycles. The van der Waals surface area contributed by atoms with Crippen molar-refractivity contribution < 1.29 is 18.7 Å². The second kappa shape index (κ2) is 15.2. The van der Waals surface area contributed by atoms with E-state index in [9.17, 15) is 4.79 Å². The number of furan rings is 1. The maximum atomic E-state index is 13.1. The molecule has 3 heterocycles. The molecule has 0 fully saturated rings. The van der Waals surface area contributed by atoms with Crippen LogP contribution in [-0.4, -0.2) is 40.3 Å². The summed E-state index contributed by atoms with van der Waals surface area (Å²) < 4.78 is 16.1. The standard InChI is InChI=1S/C23H32N4O3.C8H6O/c1-5-8-10-17(11-12-18(7-3)29-4)22(24)30-21(9-6-2)23(28)27-14-13-19-20(15-27)26-16-25-19;1-2-4-8-7(3-1)5-6-9-8/h7,9-12,16,24H,5-6,8,13-15H2,1-4H3,(H,25,26);1-6H/b12-11-,17-10-,18-7+,21-9+,24-22?;. The van der Waals surface area contributed by atoms with Crippen LogP contribution >= 0.6 is 0 Å². The number of hydrogen-bond donors (Lipinski definition) is 2. The number of ether oxygens (including phenoxy) is 2. The number of amides is 1. The van der Waals surface area contributed by atoms with Crippen LogP contribution in [0.1, 0.15) is 51.4 Å². The highest BCUT2D eigenvalue weighted by Gasteiger charge is 2.26. The molecular formula is C31H38N4O4. The first-order chi connectivity index (χ1) is 19.0. The van der Waals surface area contributed by atoms with Gasteiger partial charge in [0.25, 0.3) is 5.91 Å². The summed E-state index contributed by atoms with van der Waals surface area (Å²) in [6, 6.07) is 9.90. The third-order valence-corrected chi connectivity index (χ3v) is 6.10. The van der Waals surface area contributed by atoms with E-state index in [1.165, 1.54) is 0 Å². The Bertz CT molecular complexity index is 1330. The molecular weight excluding hydrogens is 492 g/mol. The first-order valence-electron chi connectivity index (χ1n) is 13.3. The number of para-hydroxylation sites is 1. The van der Waals surface area contributed by atoms with Crippen LogP contribution < -0.4 is 0 Å². The normalized spacial score (nSPS) is 14.2. The highest BCUT2D eigenvalue weighted by Crippen LogP contribution is 2.19. The number of carbonyl (C=O) groups excluding carboxylic acids is 1. The molecule has 0 aliphatic carbocycles. The van der Waals surface area contributed by atoms with E-state index in [1.807, 2.05) is 56.3 Å². The predicted octanol–water partition coefficient (Wildman–Crippen LogP) is 6.85. The van der Waals surface area contributed by atoms with E-state index in [0.29, 0.717) is 37.3 Å². The third kappa shape index (κ3) is 8.33. The topological polar surface area (TPSA) is 104 Å². The summed E-state index contributed by atoms with van der Waals surface area (Å²) in [5, 5.41) is 9.63. The lowest BCUT2D eigenvalue weighted by atomic mass is 10.1. The van der Waals surface area contributed by atoms with Crippen LogP contribution in [0.25, 0.3) is 11.0 Å². The summed E-state index contributed by atoms with van der Waals surface area (Å²) in [5.41, 5.74) is 3.52. The lowest BCUT2D eigenvalue weighted by Crippen LogP contribution is -2.37. The first kappa shape index (κ1) is 29.2. The monoisotopic (exact) mass is 530 g/mol. The van der Waals surface area contributed by atoms with E-state index in [1.54, 1.807) is 42.8 Å². The Morgan fingerprint density at radius 2 is 2.03 bits per heavy atom. The number of H-pyrrole nitrogens is 1. The second-order valence-corrected chi connectivity index (χ2v) is 8.85. The van der Waals surface area contributed by atoms with Crippen molar-refractivity contribution >= 4 is 22.8 Å². The van der Waals surface area contributed by atoms with Gasteiger partial charge in [0, 0.05) is 23.9 Å². The van der Waals surface area contributed by atoms with Crippen molar-refractivity contribution in [3.05, 3.63) is 102 Å². The predicted molar refractivity (Wildman–Crippen MR) is 154 cm³/mol. The number of benzene rings is 1. The Morgan fingerprint density at radius 1 is 1.21 bits per heavy atom. The first-order valence-corrected chi connectivity index (χ1v) is 13.3. The molecule has 0 saturated carbocycles. The average molecular weight is 531 g/mol. The number of nitrogens with zero attached hydrogens (tertiary/aromatic N) is 2. The summed E-state index contributed by atoms with van der Waals surface area (Å²) in [4.78, 5) is 22.2. The lowest BCUT2D eigenvalue weighted by Gasteiger charge is -2.27. The maximum Gasteiger partial charge on any atom is 0.289 e. The van der Waals surface area contributed by atoms with E-state index < -0.39 is 0 Å². The number of rotatable bonds is 9. The van der Waals surface area contributed by atoms with Gasteiger partial charge in [0.05, 0.1) is 37.6 Å². The fourth-order valence-corrected chi connectivity index (χ4v) is 3.97. The number of nitrogens with one attached hydrogen (secondary N) is 2. The minimum atomic E-state index is -0.216. The van der Waals surface area contributed by atoms with Gasteiger partial charge in [0.2, 0.25) is 5.90 Å². The zero-order chi connectivity index (χ0) is 28.0. The van der Waals surface area contributed by atoms with Gasteiger partial charge in [-0.1, -0.05) is 44.5 Å². The van der Waals surface area contributed by atoms with Crippen LogP contribution in [-0.2, 0) is 27.2 Å². The molecule has 0 radical (unpaired) electrons. The van der Waals surface area contributed by atoms with Gasteiger partial charge in [-0.3, -0.25) is 10.2 Å². The number of allylic oxidation sites excluding steroid dienone is 4. The number of aromatic nitrogens is 2. The molecule has 1 amide bonds. The fraction of sp³-hybridized carbons (Fsp3) is 0.323. The molecule has 2 aromatic heterocycles. The van der Waals surface area contributed by atoms with E-state index in [-0.39, 0.29) is 17.6 Å². The summed E-state index contributed by atoms with van der Waals surface area (Å²) in [6.45, 7) is 6.92. The van der Waals surface area contributed by atoms with Crippen molar-refractivity contribution in [1.82, 2.24) is 14.9 Å². The van der Waals surface area contributed by atoms with Gasteiger partial charge in [-0.05, 0) is 56.2 Å². The highest BCUT2D eigenvalue weighted by atomic mass is 16.5. The molecule has 3 aromatic rings. The molecule has 0 bridgehead atoms. The third-order valence-electron chi connectivity index (χ3n) is 6.10. The van der Waals surface area contributed by atoms with Crippen molar-refractivity contribution in [3.63, 3.8) is 0 Å². The van der Waals surface area contributed by atoms with Gasteiger partial charge in [-0.25, -0.2) is 4.98 Å². The number of unbranched alkanes of at least 4 members (excludes halogenated alkanes) is 1. The zero-order valence-corrected chi connectivity index (χ0v) is 23.2. The molecule has 1 aliphatic rings. The van der Waals surface area contributed by atoms with Crippen molar-refractivity contribution in [3.8, 4) is 0 Å². The van der Waals surface area contributed by atoms with E-state index in [0.717, 1.165) is 35.2 Å². The molecule has 39 heavy (non-hydrogen) atoms. The Hall–Kier alpha value is -4.33. The highest BCUT2D eigenvalue weighted by molar-refractivity contribution is 6.00. The van der Waals surface area contributed by atoms with E-state index >= 15 is 0 Å². The number of imidazole rings is 1. The second-order valence-electron chi connectivity index (χ2n) is 8.85. The largest absolute Gasteiger partial charge is 0.497 e. The minimum absolute atomic E-state index is 0.0569. The Labute approximate surface area is 230 Å². The van der Waals surface area contributed by atoms with Crippen LogP contribution in [0.3, 0.4) is 0 Å². The molecule has 2 N–H and O–H groups in total. The van der Waals surface area contributed by atoms with Crippen LogP contribution in [0.5, 0.6) is 0 Å². The van der Waals surface area contributed by atoms with E-state index in [2.05, 4.69) is 16.9 Å². The number of fused-ring (bicyclic) bond motifs is 2. The summed E-state index contributed by atoms with van der Waals surface area (Å²) in [6.07, 6.45) is 15.5. The van der Waals surface area contributed by atoms with Gasteiger partial charge in [0.15, 0.2) is 5.76 Å². The SMILES string of the molecule is C\C=C(/C=C\C(=C\CCC)C(=N)O/C(=C/CC)C(=O)N1CCc2nc[nH]c2C1)OC.c1ccc2occc2c1. The molecule has 8 heteroatoms. The van der Waals surface area contributed by atoms with Gasteiger partial charge >= 0.3 is 0 Å². The van der Waals surface area contributed by atoms with E-state index in [4.69, 9.17) is 19.3 Å². The van der Waals surface area contributed by atoms with Gasteiger partial charge < -0.3 is 23.8 Å². The van der Waals surface area contributed by atoms with Crippen molar-refractivity contribution in [2.45, 2.75) is 53.0 Å². The summed E-state index contributed by atoms with van der Waals surface area (Å²) in [5.74, 6) is 0.596. The van der Waals surface area contributed by atoms with Gasteiger partial charge in [0.1, 0.15) is 11.3 Å². The number of hydrogen-bond acceptors (Lipinski definition) is 6.